The summed E-state index contributed by atoms with van der Waals surface area (Å²) in [6.45, 7) is 0. The van der Waals surface area contributed by atoms with Crippen molar-refractivity contribution in [2.24, 2.45) is 0 Å². The zero-order valence-corrected chi connectivity index (χ0v) is 9.61. The van der Waals surface area contributed by atoms with Crippen LogP contribution in [-0.4, -0.2) is 4.98 Å². The minimum Gasteiger partial charge on any atom is -0.457 e. The number of para-hydroxylation sites is 1. The Morgan fingerprint density at radius 3 is 2.50 bits per heavy atom. The molecule has 0 aliphatic heterocycles. The lowest BCUT2D eigenvalue weighted by Gasteiger charge is -2.06. The molecular weight excluding hydrogens is 226 g/mol. The van der Waals surface area contributed by atoms with Gasteiger partial charge in [0, 0.05) is 5.56 Å². The molecule has 88 valence electrons. The van der Waals surface area contributed by atoms with Gasteiger partial charge in [-0.05, 0) is 30.3 Å². The van der Waals surface area contributed by atoms with Crippen molar-refractivity contribution in [3.05, 3.63) is 67.1 Å². The number of hydrogen-bond acceptors (Lipinski definition) is 3. The second-order valence-corrected chi connectivity index (χ2v) is 3.78. The van der Waals surface area contributed by atoms with Gasteiger partial charge in [-0.15, -0.1) is 0 Å². The number of rotatable bonds is 3. The molecule has 3 aromatic rings. The smallest absolute Gasteiger partial charge is 0.225 e. The Kier molecular flexibility index (Phi) is 2.80. The van der Waals surface area contributed by atoms with Gasteiger partial charge >= 0.3 is 0 Å². The summed E-state index contributed by atoms with van der Waals surface area (Å²) in [6.07, 6.45) is 3.18. The average molecular weight is 237 g/mol. The summed E-state index contributed by atoms with van der Waals surface area (Å²) in [7, 11) is 0. The zero-order chi connectivity index (χ0) is 12.2. The number of ether oxygens (including phenoxy) is 1. The first kappa shape index (κ1) is 10.6. The molecule has 3 heteroatoms. The Morgan fingerprint density at radius 2 is 1.72 bits per heavy atom. The van der Waals surface area contributed by atoms with Crippen LogP contribution in [-0.2, 0) is 0 Å². The molecule has 0 fully saturated rings. The molecule has 0 saturated heterocycles. The Bertz CT molecular complexity index is 618. The zero-order valence-electron chi connectivity index (χ0n) is 9.61. The van der Waals surface area contributed by atoms with Crippen molar-refractivity contribution in [1.29, 1.82) is 0 Å². The van der Waals surface area contributed by atoms with Gasteiger partial charge in [0.1, 0.15) is 17.8 Å². The molecule has 1 aromatic heterocycles. The fraction of sp³-hybridized carbons (Fsp3) is 0. The first-order chi connectivity index (χ1) is 8.92. The molecule has 0 aliphatic rings. The van der Waals surface area contributed by atoms with Gasteiger partial charge in [0.15, 0.2) is 0 Å². The highest BCUT2D eigenvalue weighted by atomic mass is 16.5. The minimum absolute atomic E-state index is 0.591. The predicted octanol–water partition coefficient (Wildman–Crippen LogP) is 4.13. The van der Waals surface area contributed by atoms with Crippen molar-refractivity contribution < 1.29 is 9.15 Å². The van der Waals surface area contributed by atoms with Crippen molar-refractivity contribution in [3.63, 3.8) is 0 Å². The minimum atomic E-state index is 0.591. The van der Waals surface area contributed by atoms with Crippen molar-refractivity contribution in [3.8, 4) is 23.0 Å². The van der Waals surface area contributed by atoms with Crippen LogP contribution in [0.2, 0.25) is 0 Å². The highest BCUT2D eigenvalue weighted by Crippen LogP contribution is 2.26. The van der Waals surface area contributed by atoms with Crippen LogP contribution in [0.5, 0.6) is 11.5 Å². The van der Waals surface area contributed by atoms with Crippen LogP contribution in [0.1, 0.15) is 0 Å². The molecule has 18 heavy (non-hydrogen) atoms. The highest BCUT2D eigenvalue weighted by molar-refractivity contribution is 5.56. The predicted molar refractivity (Wildman–Crippen MR) is 68.5 cm³/mol. The molecule has 0 radical (unpaired) electrons. The molecule has 0 unspecified atom stereocenters. The molecule has 3 rings (SSSR count). The quantitative estimate of drug-likeness (QED) is 0.686. The van der Waals surface area contributed by atoms with E-state index in [1.165, 1.54) is 0 Å². The Balaban J connectivity index is 1.88. The second-order valence-electron chi connectivity index (χ2n) is 3.78. The Morgan fingerprint density at radius 1 is 0.889 bits per heavy atom. The Hall–Kier alpha value is -2.55. The third kappa shape index (κ3) is 2.25. The van der Waals surface area contributed by atoms with E-state index in [0.29, 0.717) is 5.89 Å². The molecule has 2 aromatic carbocycles. The van der Waals surface area contributed by atoms with Gasteiger partial charge < -0.3 is 9.15 Å². The van der Waals surface area contributed by atoms with Gasteiger partial charge in [0.2, 0.25) is 5.89 Å². The van der Waals surface area contributed by atoms with Crippen molar-refractivity contribution in [2.45, 2.75) is 0 Å². The summed E-state index contributed by atoms with van der Waals surface area (Å²) >= 11 is 0. The molecule has 0 aliphatic carbocycles. The lowest BCUT2D eigenvalue weighted by Crippen LogP contribution is -1.84. The van der Waals surface area contributed by atoms with E-state index in [2.05, 4.69) is 4.98 Å². The van der Waals surface area contributed by atoms with E-state index in [1.807, 2.05) is 54.6 Å². The van der Waals surface area contributed by atoms with Crippen LogP contribution in [0.15, 0.2) is 71.5 Å². The van der Waals surface area contributed by atoms with Crippen LogP contribution in [0.4, 0.5) is 0 Å². The van der Waals surface area contributed by atoms with E-state index in [1.54, 1.807) is 12.5 Å². The number of aromatic nitrogens is 1. The average Bonchev–Trinajstić information content (AvgIpc) is 2.94. The van der Waals surface area contributed by atoms with E-state index in [-0.39, 0.29) is 0 Å². The van der Waals surface area contributed by atoms with Crippen LogP contribution in [0.3, 0.4) is 0 Å². The number of nitrogens with zero attached hydrogens (tertiary/aromatic N) is 1. The van der Waals surface area contributed by atoms with Gasteiger partial charge in [-0.25, -0.2) is 4.98 Å². The van der Waals surface area contributed by atoms with E-state index in [9.17, 15) is 0 Å². The van der Waals surface area contributed by atoms with Crippen molar-refractivity contribution in [2.75, 3.05) is 0 Å². The molecule has 1 heterocycles. The third-order valence-electron chi connectivity index (χ3n) is 2.49. The maximum absolute atomic E-state index is 5.75. The highest BCUT2D eigenvalue weighted by Gasteiger charge is 2.04. The van der Waals surface area contributed by atoms with Crippen LogP contribution in [0.25, 0.3) is 11.5 Å². The first-order valence-electron chi connectivity index (χ1n) is 5.65. The SMILES string of the molecule is c1ccc(Oc2cccc(-c3ncco3)c2)cc1. The van der Waals surface area contributed by atoms with E-state index >= 15 is 0 Å². The molecule has 0 saturated carbocycles. The maximum atomic E-state index is 5.75. The molecule has 0 amide bonds. The summed E-state index contributed by atoms with van der Waals surface area (Å²) in [6, 6.07) is 17.3. The van der Waals surface area contributed by atoms with Gasteiger partial charge in [0.25, 0.3) is 0 Å². The maximum Gasteiger partial charge on any atom is 0.225 e. The largest absolute Gasteiger partial charge is 0.457 e. The number of oxazole rings is 1. The van der Waals surface area contributed by atoms with Gasteiger partial charge in [-0.1, -0.05) is 24.3 Å². The van der Waals surface area contributed by atoms with Crippen LogP contribution < -0.4 is 4.74 Å². The summed E-state index contributed by atoms with van der Waals surface area (Å²) in [5.74, 6) is 2.16. The Labute approximate surface area is 105 Å². The van der Waals surface area contributed by atoms with Gasteiger partial charge in [0.05, 0.1) is 6.20 Å². The third-order valence-corrected chi connectivity index (χ3v) is 2.49. The summed E-state index contributed by atoms with van der Waals surface area (Å²) < 4.78 is 11.0. The first-order valence-corrected chi connectivity index (χ1v) is 5.65. The van der Waals surface area contributed by atoms with Crippen LogP contribution in [0, 0.1) is 0 Å². The van der Waals surface area contributed by atoms with Gasteiger partial charge in [-0.3, -0.25) is 0 Å². The second kappa shape index (κ2) is 4.75. The normalized spacial score (nSPS) is 10.2. The number of hydrogen-bond donors (Lipinski definition) is 0. The molecule has 0 N–H and O–H groups in total. The standard InChI is InChI=1S/C15H11NO2/c1-2-6-13(7-3-1)18-14-8-4-5-12(11-14)15-16-9-10-17-15/h1-11H. The lowest BCUT2D eigenvalue weighted by molar-refractivity contribution is 0.482. The lowest BCUT2D eigenvalue weighted by atomic mass is 10.2. The van der Waals surface area contributed by atoms with E-state index in [4.69, 9.17) is 9.15 Å². The van der Waals surface area contributed by atoms with Crippen molar-refractivity contribution >= 4 is 0 Å². The summed E-state index contributed by atoms with van der Waals surface area (Å²) in [4.78, 5) is 4.11. The fourth-order valence-electron chi connectivity index (χ4n) is 1.68. The molecule has 0 atom stereocenters. The molecule has 0 spiro atoms. The van der Waals surface area contributed by atoms with E-state index in [0.717, 1.165) is 17.1 Å². The number of benzene rings is 2. The topological polar surface area (TPSA) is 35.3 Å². The molecular formula is C15H11NO2. The van der Waals surface area contributed by atoms with Crippen LogP contribution >= 0.6 is 0 Å². The van der Waals surface area contributed by atoms with E-state index < -0.39 is 0 Å². The van der Waals surface area contributed by atoms with Gasteiger partial charge in [-0.2, -0.15) is 0 Å². The molecule has 3 nitrogen and oxygen atoms in total. The molecule has 0 bridgehead atoms. The van der Waals surface area contributed by atoms with Crippen molar-refractivity contribution in [1.82, 2.24) is 4.98 Å². The fourth-order valence-corrected chi connectivity index (χ4v) is 1.68. The summed E-state index contributed by atoms with van der Waals surface area (Å²) in [5, 5.41) is 0. The monoisotopic (exact) mass is 237 g/mol. The summed E-state index contributed by atoms with van der Waals surface area (Å²) in [5.41, 5.74) is 0.897.